The van der Waals surface area contributed by atoms with Crippen LogP contribution in [0.4, 0.5) is 0 Å². The summed E-state index contributed by atoms with van der Waals surface area (Å²) in [4.78, 5) is 49.3. The number of unbranched alkanes of at least 4 members (excludes halogenated alkanes) is 5. The summed E-state index contributed by atoms with van der Waals surface area (Å²) < 4.78 is 21.6. The molecule has 282 valence electrons. The van der Waals surface area contributed by atoms with Crippen molar-refractivity contribution in [2.45, 2.75) is 51.4 Å². The van der Waals surface area contributed by atoms with Crippen molar-refractivity contribution >= 4 is 59.4 Å². The standard InChI is InChI=1S/C40H40Cl2N4O8/c1-51-35-23-27(11-21-33(35)53-39(49)29-13-17-31(41)18-14-29)25-43-45-37(47)9-7-5-3-4-6-8-10-38(48)46-44-26-28-12-22-34(36(24-28)52-2)54-40(50)30-15-19-32(42)20-16-30/h11-26H,3-10H2,1-2H3,(H,45,47)(H,46,48)/b43-25-,44-26-. The molecule has 2 amide bonds. The largest absolute Gasteiger partial charge is 0.493 e. The van der Waals surface area contributed by atoms with Gasteiger partial charge in [-0.1, -0.05) is 48.9 Å². The number of esters is 2. The van der Waals surface area contributed by atoms with Gasteiger partial charge in [-0.3, -0.25) is 9.59 Å². The molecule has 2 N–H and O–H groups in total. The maximum absolute atomic E-state index is 12.4. The second-order valence-corrected chi connectivity index (χ2v) is 12.7. The van der Waals surface area contributed by atoms with Gasteiger partial charge in [-0.05, 0) is 109 Å². The predicted octanol–water partition coefficient (Wildman–Crippen LogP) is 8.17. The molecular formula is C40H40Cl2N4O8. The van der Waals surface area contributed by atoms with Crippen molar-refractivity contribution < 1.29 is 38.1 Å². The first-order valence-electron chi connectivity index (χ1n) is 17.1. The van der Waals surface area contributed by atoms with Crippen LogP contribution >= 0.6 is 23.2 Å². The van der Waals surface area contributed by atoms with Crippen LogP contribution in [0.15, 0.2) is 95.1 Å². The number of carbonyl (C=O) groups excluding carboxylic acids is 4. The molecule has 0 heterocycles. The molecule has 14 heteroatoms. The smallest absolute Gasteiger partial charge is 0.343 e. The first-order chi connectivity index (χ1) is 26.1. The third-order valence-electron chi connectivity index (χ3n) is 7.80. The van der Waals surface area contributed by atoms with Gasteiger partial charge < -0.3 is 18.9 Å². The number of amides is 2. The first kappa shape index (κ1) is 41.0. The summed E-state index contributed by atoms with van der Waals surface area (Å²) in [6.07, 6.45) is 8.71. The lowest BCUT2D eigenvalue weighted by atomic mass is 10.1. The Bertz CT molecular complexity index is 1810. The molecule has 12 nitrogen and oxygen atoms in total. The lowest BCUT2D eigenvalue weighted by Gasteiger charge is -2.10. The molecule has 54 heavy (non-hydrogen) atoms. The normalized spacial score (nSPS) is 11.0. The van der Waals surface area contributed by atoms with Gasteiger partial charge in [0.1, 0.15) is 0 Å². The van der Waals surface area contributed by atoms with E-state index < -0.39 is 11.9 Å². The highest BCUT2D eigenvalue weighted by Gasteiger charge is 2.14. The molecule has 0 saturated heterocycles. The van der Waals surface area contributed by atoms with E-state index in [4.69, 9.17) is 42.1 Å². The minimum absolute atomic E-state index is 0.198. The van der Waals surface area contributed by atoms with Crippen molar-refractivity contribution in [3.63, 3.8) is 0 Å². The number of rotatable bonds is 19. The molecular weight excluding hydrogens is 735 g/mol. The number of hydrazone groups is 2. The van der Waals surface area contributed by atoms with Crippen molar-refractivity contribution in [1.29, 1.82) is 0 Å². The van der Waals surface area contributed by atoms with Gasteiger partial charge in [0, 0.05) is 22.9 Å². The van der Waals surface area contributed by atoms with E-state index >= 15 is 0 Å². The summed E-state index contributed by atoms with van der Waals surface area (Å²) in [5.41, 5.74) is 7.03. The van der Waals surface area contributed by atoms with Crippen LogP contribution in [-0.2, 0) is 9.59 Å². The highest BCUT2D eigenvalue weighted by molar-refractivity contribution is 6.31. The number of carbonyl (C=O) groups is 4. The fourth-order valence-corrected chi connectivity index (χ4v) is 5.19. The van der Waals surface area contributed by atoms with E-state index in [9.17, 15) is 19.2 Å². The summed E-state index contributed by atoms with van der Waals surface area (Å²) in [6.45, 7) is 0. The topological polar surface area (TPSA) is 154 Å². The van der Waals surface area contributed by atoms with Crippen molar-refractivity contribution in [3.05, 3.63) is 117 Å². The van der Waals surface area contributed by atoms with Crippen molar-refractivity contribution in [2.75, 3.05) is 14.2 Å². The summed E-state index contributed by atoms with van der Waals surface area (Å²) in [5, 5.41) is 9.06. The highest BCUT2D eigenvalue weighted by Crippen LogP contribution is 2.30. The highest BCUT2D eigenvalue weighted by atomic mass is 35.5. The zero-order chi connectivity index (χ0) is 38.7. The van der Waals surface area contributed by atoms with Gasteiger partial charge in [-0.15, -0.1) is 0 Å². The molecule has 4 rings (SSSR count). The number of ether oxygens (including phenoxy) is 4. The number of benzene rings is 4. The van der Waals surface area contributed by atoms with Gasteiger partial charge >= 0.3 is 11.9 Å². The molecule has 0 aromatic heterocycles. The molecule has 0 bridgehead atoms. The average Bonchev–Trinajstić information content (AvgIpc) is 3.17. The van der Waals surface area contributed by atoms with Gasteiger partial charge in [0.05, 0.1) is 37.8 Å². The van der Waals surface area contributed by atoms with E-state index in [0.717, 1.165) is 25.7 Å². The van der Waals surface area contributed by atoms with Gasteiger partial charge in [-0.2, -0.15) is 10.2 Å². The van der Waals surface area contributed by atoms with Crippen LogP contribution in [0.25, 0.3) is 0 Å². The Hall–Kier alpha value is -5.72. The molecule has 0 fully saturated rings. The van der Waals surface area contributed by atoms with Crippen LogP contribution in [0, 0.1) is 0 Å². The van der Waals surface area contributed by atoms with Crippen LogP contribution in [-0.4, -0.2) is 50.4 Å². The zero-order valence-electron chi connectivity index (χ0n) is 29.8. The Morgan fingerprint density at radius 1 is 0.537 bits per heavy atom. The Morgan fingerprint density at radius 2 is 0.907 bits per heavy atom. The SMILES string of the molecule is COc1cc(/C=N\NC(=O)CCCCCCCCC(=O)N/N=C\c2ccc(OC(=O)c3ccc(Cl)cc3)c(OC)c2)ccc1OC(=O)c1ccc(Cl)cc1. The van der Waals surface area contributed by atoms with E-state index in [1.807, 2.05) is 0 Å². The molecule has 0 aliphatic rings. The lowest BCUT2D eigenvalue weighted by molar-refractivity contribution is -0.122. The molecule has 0 radical (unpaired) electrons. The molecule has 0 unspecified atom stereocenters. The first-order valence-corrected chi connectivity index (χ1v) is 17.9. The van der Waals surface area contributed by atoms with Crippen LogP contribution in [0.5, 0.6) is 23.0 Å². The van der Waals surface area contributed by atoms with Gasteiger partial charge in [0.15, 0.2) is 23.0 Å². The van der Waals surface area contributed by atoms with Crippen LogP contribution in [0.2, 0.25) is 10.0 Å². The number of hydrogen-bond donors (Lipinski definition) is 2. The summed E-state index contributed by atoms with van der Waals surface area (Å²) in [7, 11) is 2.92. The van der Waals surface area contributed by atoms with E-state index in [1.54, 1.807) is 84.9 Å². The summed E-state index contributed by atoms with van der Waals surface area (Å²) in [5.74, 6) is -0.346. The molecule has 0 aliphatic heterocycles. The third kappa shape index (κ3) is 13.7. The average molecular weight is 776 g/mol. The van der Waals surface area contributed by atoms with Crippen molar-refractivity contribution in [1.82, 2.24) is 10.9 Å². The quantitative estimate of drug-likeness (QED) is 0.0318. The molecule has 4 aromatic rings. The van der Waals surface area contributed by atoms with Gasteiger partial charge in [0.2, 0.25) is 11.8 Å². The van der Waals surface area contributed by atoms with Gasteiger partial charge in [0.25, 0.3) is 0 Å². The molecule has 0 aliphatic carbocycles. The van der Waals surface area contributed by atoms with Crippen molar-refractivity contribution in [2.24, 2.45) is 10.2 Å². The number of methoxy groups -OCH3 is 2. The van der Waals surface area contributed by atoms with E-state index in [0.29, 0.717) is 69.5 Å². The number of hydrogen-bond acceptors (Lipinski definition) is 10. The van der Waals surface area contributed by atoms with Crippen molar-refractivity contribution in [3.8, 4) is 23.0 Å². The van der Waals surface area contributed by atoms with E-state index in [-0.39, 0.29) is 23.3 Å². The minimum Gasteiger partial charge on any atom is -0.493 e. The maximum atomic E-state index is 12.4. The summed E-state index contributed by atoms with van der Waals surface area (Å²) in [6, 6.07) is 22.5. The zero-order valence-corrected chi connectivity index (χ0v) is 31.3. The fourth-order valence-electron chi connectivity index (χ4n) is 4.93. The molecule has 0 atom stereocenters. The second kappa shape index (κ2) is 21.7. The molecule has 4 aromatic carbocycles. The van der Waals surface area contributed by atoms with Crippen LogP contribution < -0.4 is 29.8 Å². The molecule has 0 spiro atoms. The Balaban J connectivity index is 1.06. The Labute approximate surface area is 323 Å². The molecule has 0 saturated carbocycles. The fraction of sp³-hybridized carbons (Fsp3) is 0.250. The van der Waals surface area contributed by atoms with Crippen LogP contribution in [0.3, 0.4) is 0 Å². The maximum Gasteiger partial charge on any atom is 0.343 e. The number of halogens is 2. The van der Waals surface area contributed by atoms with E-state index in [1.165, 1.54) is 26.6 Å². The minimum atomic E-state index is -0.550. The van der Waals surface area contributed by atoms with Crippen LogP contribution in [0.1, 0.15) is 83.2 Å². The predicted molar refractivity (Wildman–Crippen MR) is 207 cm³/mol. The Kier molecular flexibility index (Phi) is 16.5. The summed E-state index contributed by atoms with van der Waals surface area (Å²) >= 11 is 11.8. The number of nitrogens with one attached hydrogen (secondary N) is 2. The van der Waals surface area contributed by atoms with Gasteiger partial charge in [-0.25, -0.2) is 20.4 Å². The third-order valence-corrected chi connectivity index (χ3v) is 8.31. The number of nitrogens with zero attached hydrogens (tertiary/aromatic N) is 2. The van der Waals surface area contributed by atoms with E-state index in [2.05, 4.69) is 21.1 Å². The lowest BCUT2D eigenvalue weighted by Crippen LogP contribution is -2.17. The Morgan fingerprint density at radius 3 is 1.28 bits per heavy atom. The second-order valence-electron chi connectivity index (χ2n) is 11.8. The monoisotopic (exact) mass is 774 g/mol.